The zero-order chi connectivity index (χ0) is 34.0. The van der Waals surface area contributed by atoms with Crippen molar-refractivity contribution in [1.29, 1.82) is 0 Å². The van der Waals surface area contributed by atoms with Crippen molar-refractivity contribution in [1.82, 2.24) is 5.43 Å². The summed E-state index contributed by atoms with van der Waals surface area (Å²) in [5.41, 5.74) is 2.08. The number of ether oxygens (including phenoxy) is 6. The summed E-state index contributed by atoms with van der Waals surface area (Å²) in [6.45, 7) is -2.12. The molecule has 0 bridgehead atoms. The third kappa shape index (κ3) is 9.92. The first-order valence-corrected chi connectivity index (χ1v) is 15.5. The Balaban J connectivity index is 1.68. The lowest BCUT2D eigenvalue weighted by atomic mass is 9.96. The Hall–Kier alpha value is -1.21. The van der Waals surface area contributed by atoms with Gasteiger partial charge in [0.15, 0.2) is 18.9 Å². The van der Waals surface area contributed by atoms with E-state index < -0.39 is 112 Å². The number of amides is 1. The summed E-state index contributed by atoms with van der Waals surface area (Å²) in [5, 5.41) is 103. The highest BCUT2D eigenvalue weighted by Gasteiger charge is 2.54. The Morgan fingerprint density at radius 2 is 1.00 bits per heavy atom. The van der Waals surface area contributed by atoms with Crippen LogP contribution in [0, 0.1) is 0 Å². The fourth-order valence-electron chi connectivity index (χ4n) is 5.50. The van der Waals surface area contributed by atoms with E-state index in [2.05, 4.69) is 5.43 Å². The zero-order valence-corrected chi connectivity index (χ0v) is 25.3. The van der Waals surface area contributed by atoms with Crippen molar-refractivity contribution in [3.63, 3.8) is 0 Å². The highest BCUT2D eigenvalue weighted by molar-refractivity contribution is 5.75. The predicted molar refractivity (Wildman–Crippen MR) is 150 cm³/mol. The number of nitrogens with one attached hydrogen (secondary N) is 1. The standard InChI is InChI=1S/C27H50N2O17/c28-29-15(33)7-5-3-1-2-4-6-8-41-26-23(20(38)17(35)13(10-31)43-26)46-27-24(21(39)18(36)14(11-32)44-27)45-25-22(40)19(37)16(34)12(9-30)42-25/h12-14,16-27,30-32,34-40H,1-11,28H2,(H,29,33). The third-order valence-electron chi connectivity index (χ3n) is 8.32. The van der Waals surface area contributed by atoms with Crippen molar-refractivity contribution in [2.75, 3.05) is 26.4 Å². The van der Waals surface area contributed by atoms with Crippen LogP contribution in [0.1, 0.15) is 44.9 Å². The number of hydrogen-bond donors (Lipinski definition) is 12. The van der Waals surface area contributed by atoms with Crippen LogP contribution in [0.15, 0.2) is 0 Å². The van der Waals surface area contributed by atoms with Gasteiger partial charge in [0.25, 0.3) is 0 Å². The molecule has 0 radical (unpaired) electrons. The molecule has 0 aromatic carbocycles. The van der Waals surface area contributed by atoms with E-state index in [-0.39, 0.29) is 12.5 Å². The fourth-order valence-corrected chi connectivity index (χ4v) is 5.50. The van der Waals surface area contributed by atoms with Gasteiger partial charge in [-0.05, 0) is 12.8 Å². The van der Waals surface area contributed by atoms with E-state index in [1.54, 1.807) is 0 Å². The molecular weight excluding hydrogens is 624 g/mol. The summed E-state index contributed by atoms with van der Waals surface area (Å²) in [6.07, 6.45) is -19.8. The molecule has 1 amide bonds. The molecule has 0 aliphatic carbocycles. The number of aliphatic hydroxyl groups excluding tert-OH is 10. The molecule has 3 heterocycles. The highest BCUT2D eigenvalue weighted by Crippen LogP contribution is 2.33. The van der Waals surface area contributed by atoms with E-state index in [0.29, 0.717) is 19.3 Å². The molecule has 270 valence electrons. The topological polar surface area (TPSA) is 313 Å². The second-order valence-electron chi connectivity index (χ2n) is 11.6. The maximum Gasteiger partial charge on any atom is 0.233 e. The molecule has 3 aliphatic heterocycles. The molecule has 3 saturated heterocycles. The van der Waals surface area contributed by atoms with Gasteiger partial charge in [-0.1, -0.05) is 25.7 Å². The van der Waals surface area contributed by atoms with Crippen LogP contribution in [0.2, 0.25) is 0 Å². The number of carbonyl (C=O) groups excluding carboxylic acids is 1. The van der Waals surface area contributed by atoms with E-state index in [1.807, 2.05) is 0 Å². The molecule has 3 fully saturated rings. The molecule has 15 unspecified atom stereocenters. The van der Waals surface area contributed by atoms with Gasteiger partial charge < -0.3 is 79.5 Å². The van der Waals surface area contributed by atoms with Crippen LogP contribution in [0.25, 0.3) is 0 Å². The smallest absolute Gasteiger partial charge is 0.233 e. The van der Waals surface area contributed by atoms with Crippen LogP contribution in [0.4, 0.5) is 0 Å². The minimum atomic E-state index is -1.89. The molecule has 19 nitrogen and oxygen atoms in total. The van der Waals surface area contributed by atoms with Gasteiger partial charge in [0, 0.05) is 13.0 Å². The maximum absolute atomic E-state index is 11.2. The largest absolute Gasteiger partial charge is 0.394 e. The molecule has 3 aliphatic rings. The van der Waals surface area contributed by atoms with Crippen molar-refractivity contribution in [2.24, 2.45) is 5.84 Å². The fraction of sp³-hybridized carbons (Fsp3) is 0.963. The Morgan fingerprint density at radius 3 is 1.54 bits per heavy atom. The lowest BCUT2D eigenvalue weighted by Crippen LogP contribution is -2.67. The SMILES string of the molecule is NNC(=O)CCCCCCCCOC1OC(CO)C(O)C(O)C1OC1OC(CO)C(O)C(O)C1OC1OC(CO)C(O)C(O)C1O. The minimum Gasteiger partial charge on any atom is -0.394 e. The first kappa shape index (κ1) is 39.2. The number of nitrogens with two attached hydrogens (primary N) is 1. The molecule has 0 saturated carbocycles. The first-order valence-electron chi connectivity index (χ1n) is 15.5. The normalized spacial score (nSPS) is 41.8. The summed E-state index contributed by atoms with van der Waals surface area (Å²) < 4.78 is 34.0. The van der Waals surface area contributed by atoms with Gasteiger partial charge in [-0.2, -0.15) is 0 Å². The van der Waals surface area contributed by atoms with Crippen LogP contribution in [0.3, 0.4) is 0 Å². The Labute approximate surface area is 265 Å². The number of hydrazine groups is 1. The van der Waals surface area contributed by atoms with Crippen molar-refractivity contribution >= 4 is 5.91 Å². The van der Waals surface area contributed by atoms with Crippen LogP contribution in [-0.4, -0.2) is 176 Å². The molecular formula is C27H50N2O17. The third-order valence-corrected chi connectivity index (χ3v) is 8.32. The first-order chi connectivity index (χ1) is 22.0. The van der Waals surface area contributed by atoms with Crippen molar-refractivity contribution in [3.05, 3.63) is 0 Å². The molecule has 0 aromatic rings. The molecule has 0 aromatic heterocycles. The number of unbranched alkanes of at least 4 members (excludes halogenated alkanes) is 5. The summed E-state index contributed by atoms with van der Waals surface area (Å²) in [5.74, 6) is 4.83. The number of aliphatic hydroxyl groups is 10. The van der Waals surface area contributed by atoms with Crippen LogP contribution < -0.4 is 11.3 Å². The zero-order valence-electron chi connectivity index (χ0n) is 25.3. The Morgan fingerprint density at radius 1 is 0.565 bits per heavy atom. The van der Waals surface area contributed by atoms with Gasteiger partial charge in [-0.3, -0.25) is 10.2 Å². The molecule has 19 heteroatoms. The van der Waals surface area contributed by atoms with E-state index in [9.17, 15) is 55.9 Å². The van der Waals surface area contributed by atoms with Crippen molar-refractivity contribution < 1.29 is 84.3 Å². The maximum atomic E-state index is 11.2. The highest BCUT2D eigenvalue weighted by atomic mass is 16.8. The average molecular weight is 675 g/mol. The Kier molecular flexibility index (Phi) is 16.3. The van der Waals surface area contributed by atoms with E-state index in [4.69, 9.17) is 34.3 Å². The monoisotopic (exact) mass is 674 g/mol. The van der Waals surface area contributed by atoms with Gasteiger partial charge in [0.05, 0.1) is 19.8 Å². The average Bonchev–Trinajstić information content (AvgIpc) is 3.05. The quantitative estimate of drug-likeness (QED) is 0.0296. The summed E-state index contributed by atoms with van der Waals surface area (Å²) in [7, 11) is 0. The van der Waals surface area contributed by atoms with Crippen LogP contribution >= 0.6 is 0 Å². The van der Waals surface area contributed by atoms with Crippen LogP contribution in [-0.2, 0) is 33.2 Å². The van der Waals surface area contributed by atoms with Gasteiger partial charge in [0.2, 0.25) is 5.91 Å². The summed E-state index contributed by atoms with van der Waals surface area (Å²) in [4.78, 5) is 11.2. The van der Waals surface area contributed by atoms with E-state index in [0.717, 1.165) is 25.7 Å². The van der Waals surface area contributed by atoms with E-state index >= 15 is 0 Å². The molecule has 46 heavy (non-hydrogen) atoms. The molecule has 3 rings (SSSR count). The molecule has 13 N–H and O–H groups in total. The summed E-state index contributed by atoms with van der Waals surface area (Å²) >= 11 is 0. The van der Waals surface area contributed by atoms with Gasteiger partial charge in [-0.25, -0.2) is 5.84 Å². The van der Waals surface area contributed by atoms with Gasteiger partial charge >= 0.3 is 0 Å². The second-order valence-corrected chi connectivity index (χ2v) is 11.6. The minimum absolute atomic E-state index is 0.109. The van der Waals surface area contributed by atoms with Gasteiger partial charge in [-0.15, -0.1) is 0 Å². The van der Waals surface area contributed by atoms with Gasteiger partial charge in [0.1, 0.15) is 73.2 Å². The second kappa shape index (κ2) is 19.1. The van der Waals surface area contributed by atoms with Crippen molar-refractivity contribution in [3.8, 4) is 0 Å². The van der Waals surface area contributed by atoms with Crippen molar-refractivity contribution in [2.45, 2.75) is 137 Å². The number of carbonyl (C=O) groups is 1. The summed E-state index contributed by atoms with van der Waals surface area (Å²) in [6, 6.07) is 0. The molecule has 0 spiro atoms. The number of rotatable bonds is 17. The predicted octanol–water partition coefficient (Wildman–Crippen LogP) is -5.83. The lowest BCUT2D eigenvalue weighted by Gasteiger charge is -2.48. The number of hydrogen-bond acceptors (Lipinski definition) is 18. The van der Waals surface area contributed by atoms with E-state index in [1.165, 1.54) is 0 Å². The molecule has 15 atom stereocenters. The lowest BCUT2D eigenvalue weighted by molar-refractivity contribution is -0.393. The Bertz CT molecular complexity index is 891. The van der Waals surface area contributed by atoms with Crippen LogP contribution in [0.5, 0.6) is 0 Å².